The highest BCUT2D eigenvalue weighted by Crippen LogP contribution is 2.37. The molecule has 1 amide bonds. The summed E-state index contributed by atoms with van der Waals surface area (Å²) in [5.74, 6) is -0.354. The molecule has 4 nitrogen and oxygen atoms in total. The van der Waals surface area contributed by atoms with E-state index in [0.717, 1.165) is 18.7 Å². The molecule has 2 heterocycles. The van der Waals surface area contributed by atoms with Gasteiger partial charge in [0.15, 0.2) is 0 Å². The normalized spacial score (nSPS) is 22.2. The zero-order chi connectivity index (χ0) is 16.8. The van der Waals surface area contributed by atoms with Crippen molar-refractivity contribution in [3.63, 3.8) is 0 Å². The van der Waals surface area contributed by atoms with E-state index in [-0.39, 0.29) is 5.91 Å². The average molecular weight is 321 g/mol. The van der Waals surface area contributed by atoms with Gasteiger partial charge in [0, 0.05) is 42.1 Å². The van der Waals surface area contributed by atoms with E-state index in [1.165, 1.54) is 23.4 Å². The van der Waals surface area contributed by atoms with Gasteiger partial charge in [0.25, 0.3) is 0 Å². The Labute approximate surface area is 142 Å². The summed E-state index contributed by atoms with van der Waals surface area (Å²) in [6.45, 7) is 6.18. The number of nitrogens with zero attached hydrogens (tertiary/aromatic N) is 2. The second kappa shape index (κ2) is 5.55. The fraction of sp³-hybridized carbons (Fsp3) is 0.350. The van der Waals surface area contributed by atoms with Gasteiger partial charge in [0.1, 0.15) is 0 Å². The Bertz CT molecular complexity index is 784. The third-order valence-corrected chi connectivity index (χ3v) is 5.41. The highest BCUT2D eigenvalue weighted by molar-refractivity contribution is 5.94. The van der Waals surface area contributed by atoms with E-state index in [0.29, 0.717) is 17.6 Å². The zero-order valence-electron chi connectivity index (χ0n) is 14.2. The summed E-state index contributed by atoms with van der Waals surface area (Å²) >= 11 is 0. The first-order valence-electron chi connectivity index (χ1n) is 8.53. The van der Waals surface area contributed by atoms with E-state index in [1.54, 1.807) is 0 Å². The lowest BCUT2D eigenvalue weighted by molar-refractivity contribution is 0.0999. The molecule has 2 aliphatic rings. The average Bonchev–Trinajstić information content (AvgIpc) is 3.15. The summed E-state index contributed by atoms with van der Waals surface area (Å²) in [5.41, 5.74) is 10.8. The lowest BCUT2D eigenvalue weighted by Gasteiger charge is -2.37. The molecule has 4 heteroatoms. The number of benzene rings is 2. The number of hydrogen-bond donors (Lipinski definition) is 1. The fourth-order valence-corrected chi connectivity index (χ4v) is 4.14. The Morgan fingerprint density at radius 2 is 1.54 bits per heavy atom. The van der Waals surface area contributed by atoms with Crippen molar-refractivity contribution in [2.45, 2.75) is 32.4 Å². The van der Waals surface area contributed by atoms with Crippen molar-refractivity contribution < 1.29 is 4.79 Å². The lowest BCUT2D eigenvalue weighted by Crippen LogP contribution is -2.46. The molecule has 0 unspecified atom stereocenters. The molecule has 2 saturated heterocycles. The Hall–Kier alpha value is -2.49. The smallest absolute Gasteiger partial charge is 0.248 e. The van der Waals surface area contributed by atoms with E-state index in [9.17, 15) is 4.79 Å². The molecule has 2 aromatic rings. The monoisotopic (exact) mass is 321 g/mol. The zero-order valence-corrected chi connectivity index (χ0v) is 14.2. The van der Waals surface area contributed by atoms with Gasteiger partial charge in [-0.05, 0) is 56.2 Å². The summed E-state index contributed by atoms with van der Waals surface area (Å²) in [7, 11) is 0. The molecule has 24 heavy (non-hydrogen) atoms. The molecular formula is C20H23N3O. The van der Waals surface area contributed by atoms with Gasteiger partial charge in [0.05, 0.1) is 0 Å². The Kier molecular flexibility index (Phi) is 3.48. The number of amides is 1. The Morgan fingerprint density at radius 3 is 2.08 bits per heavy atom. The molecule has 0 saturated carbocycles. The van der Waals surface area contributed by atoms with Crippen molar-refractivity contribution >= 4 is 17.3 Å². The predicted octanol–water partition coefficient (Wildman–Crippen LogP) is 2.87. The number of piperazine rings is 1. The van der Waals surface area contributed by atoms with Crippen LogP contribution in [0.4, 0.5) is 11.4 Å². The number of fused-ring (bicyclic) bond motifs is 2. The Balaban J connectivity index is 1.53. The third-order valence-electron chi connectivity index (χ3n) is 5.41. The van der Waals surface area contributed by atoms with Gasteiger partial charge in [-0.15, -0.1) is 0 Å². The van der Waals surface area contributed by atoms with E-state index < -0.39 is 0 Å². The highest BCUT2D eigenvalue weighted by atomic mass is 16.1. The molecule has 4 rings (SSSR count). The quantitative estimate of drug-likeness (QED) is 0.946. The van der Waals surface area contributed by atoms with Gasteiger partial charge in [-0.25, -0.2) is 0 Å². The lowest BCUT2D eigenvalue weighted by atomic mass is 10.1. The molecule has 0 spiro atoms. The summed E-state index contributed by atoms with van der Waals surface area (Å²) in [4.78, 5) is 16.4. The molecule has 2 N–H and O–H groups in total. The van der Waals surface area contributed by atoms with Gasteiger partial charge in [-0.1, -0.05) is 17.7 Å². The first-order chi connectivity index (χ1) is 11.5. The number of nitrogens with two attached hydrogens (primary N) is 1. The maximum Gasteiger partial charge on any atom is 0.248 e. The summed E-state index contributed by atoms with van der Waals surface area (Å²) in [5, 5.41) is 0. The number of primary amides is 1. The van der Waals surface area contributed by atoms with Crippen LogP contribution in [0.2, 0.25) is 0 Å². The summed E-state index contributed by atoms with van der Waals surface area (Å²) in [6, 6.07) is 15.9. The number of rotatable bonds is 3. The largest absolute Gasteiger partial charge is 0.366 e. The number of carbonyl (C=O) groups excluding carboxylic acids is 1. The molecule has 2 aromatic carbocycles. The topological polar surface area (TPSA) is 49.6 Å². The first-order valence-corrected chi connectivity index (χ1v) is 8.53. The Morgan fingerprint density at radius 1 is 0.958 bits per heavy atom. The maximum atomic E-state index is 11.4. The van der Waals surface area contributed by atoms with Crippen LogP contribution in [-0.2, 0) is 0 Å². The molecular weight excluding hydrogens is 298 g/mol. The first kappa shape index (κ1) is 15.1. The third kappa shape index (κ3) is 2.42. The van der Waals surface area contributed by atoms with Crippen LogP contribution in [0, 0.1) is 13.8 Å². The standard InChI is InChI=1S/C20H23N3O/c1-13-3-5-15(6-4-13)22-11-18-10-17(22)12-23(18)16-7-8-19(20(21)24)14(2)9-16/h3-9,17-18H,10-12H2,1-2H3,(H2,21,24)/t17-,18-/m0/s1. The van der Waals surface area contributed by atoms with Crippen LogP contribution >= 0.6 is 0 Å². The molecule has 0 radical (unpaired) electrons. The fourth-order valence-electron chi connectivity index (χ4n) is 4.14. The van der Waals surface area contributed by atoms with Crippen LogP contribution in [-0.4, -0.2) is 31.1 Å². The second-order valence-corrected chi connectivity index (χ2v) is 7.05. The van der Waals surface area contributed by atoms with Crippen molar-refractivity contribution in [1.29, 1.82) is 0 Å². The number of aryl methyl sites for hydroxylation is 2. The molecule has 0 aromatic heterocycles. The van der Waals surface area contributed by atoms with Crippen LogP contribution in [0.1, 0.15) is 27.9 Å². The predicted molar refractivity (Wildman–Crippen MR) is 97.8 cm³/mol. The summed E-state index contributed by atoms with van der Waals surface area (Å²) in [6.07, 6.45) is 1.20. The van der Waals surface area contributed by atoms with Crippen LogP contribution in [0.3, 0.4) is 0 Å². The van der Waals surface area contributed by atoms with Crippen molar-refractivity contribution in [3.8, 4) is 0 Å². The van der Waals surface area contributed by atoms with Gasteiger partial charge >= 0.3 is 0 Å². The molecule has 2 aliphatic heterocycles. The minimum atomic E-state index is -0.354. The number of carbonyl (C=O) groups is 1. The molecule has 2 atom stereocenters. The minimum Gasteiger partial charge on any atom is -0.366 e. The van der Waals surface area contributed by atoms with Crippen LogP contribution in [0.25, 0.3) is 0 Å². The second-order valence-electron chi connectivity index (χ2n) is 7.05. The SMILES string of the molecule is Cc1ccc(N2C[C@@H]3C[C@H]2CN3c2ccc(C(N)=O)c(C)c2)cc1. The van der Waals surface area contributed by atoms with Crippen molar-refractivity contribution in [2.75, 3.05) is 22.9 Å². The molecule has 124 valence electrons. The van der Waals surface area contributed by atoms with Crippen LogP contribution < -0.4 is 15.5 Å². The molecule has 2 bridgehead atoms. The van der Waals surface area contributed by atoms with E-state index in [1.807, 2.05) is 19.1 Å². The highest BCUT2D eigenvalue weighted by Gasteiger charge is 2.43. The van der Waals surface area contributed by atoms with Gasteiger partial charge in [-0.3, -0.25) is 4.79 Å². The van der Waals surface area contributed by atoms with Crippen LogP contribution in [0.15, 0.2) is 42.5 Å². The van der Waals surface area contributed by atoms with Crippen molar-refractivity contribution in [1.82, 2.24) is 0 Å². The molecule has 2 fully saturated rings. The summed E-state index contributed by atoms with van der Waals surface area (Å²) < 4.78 is 0. The van der Waals surface area contributed by atoms with Gasteiger partial charge in [0.2, 0.25) is 5.91 Å². The number of hydrogen-bond acceptors (Lipinski definition) is 3. The maximum absolute atomic E-state index is 11.4. The van der Waals surface area contributed by atoms with E-state index in [2.05, 4.69) is 47.1 Å². The van der Waals surface area contributed by atoms with Crippen LogP contribution in [0.5, 0.6) is 0 Å². The van der Waals surface area contributed by atoms with Crippen molar-refractivity contribution in [2.24, 2.45) is 5.73 Å². The van der Waals surface area contributed by atoms with Crippen molar-refractivity contribution in [3.05, 3.63) is 59.2 Å². The van der Waals surface area contributed by atoms with Gasteiger partial charge < -0.3 is 15.5 Å². The number of anilines is 2. The van der Waals surface area contributed by atoms with E-state index in [4.69, 9.17) is 5.73 Å². The van der Waals surface area contributed by atoms with E-state index >= 15 is 0 Å². The minimum absolute atomic E-state index is 0.354. The molecule has 0 aliphatic carbocycles. The van der Waals surface area contributed by atoms with Gasteiger partial charge in [-0.2, -0.15) is 0 Å².